The van der Waals surface area contributed by atoms with E-state index in [9.17, 15) is 4.79 Å². The molecule has 0 aromatic rings. The van der Waals surface area contributed by atoms with Gasteiger partial charge in [0, 0.05) is 10.0 Å². The predicted molar refractivity (Wildman–Crippen MR) is 26.8 cm³/mol. The van der Waals surface area contributed by atoms with E-state index in [1.807, 2.05) is 0 Å². The number of amides is 2. The fraction of sp³-hybridized carbons (Fsp3) is 0. The van der Waals surface area contributed by atoms with Crippen LogP contribution in [0.15, 0.2) is 10.3 Å². The summed E-state index contributed by atoms with van der Waals surface area (Å²) in [5.41, 5.74) is 16.8. The molecule has 9 heavy (non-hydrogen) atoms. The number of urea groups is 1. The maximum Gasteiger partial charge on any atom is 0.401 e. The first-order valence-corrected chi connectivity index (χ1v) is 1.70. The molecule has 0 atom stereocenters. The molecule has 0 aromatic heterocycles. The van der Waals surface area contributed by atoms with Crippen LogP contribution in [0.5, 0.6) is 0 Å². The Labute approximate surface area is 48.7 Å². The van der Waals surface area contributed by atoms with E-state index < -0.39 is 6.03 Å². The molecule has 0 aliphatic heterocycles. The van der Waals surface area contributed by atoms with Crippen molar-refractivity contribution in [1.29, 1.82) is 0 Å². The van der Waals surface area contributed by atoms with Gasteiger partial charge < -0.3 is 0 Å². The Hall–Kier alpha value is -1.91. The second-order valence-corrected chi connectivity index (χ2v) is 0.796. The highest BCUT2D eigenvalue weighted by Gasteiger charge is 1.92. The molecule has 0 heterocycles. The van der Waals surface area contributed by atoms with Crippen molar-refractivity contribution in [2.24, 2.45) is 10.3 Å². The molecule has 0 saturated heterocycles. The van der Waals surface area contributed by atoms with Gasteiger partial charge in [-0.15, -0.1) is 5.53 Å². The quantitative estimate of drug-likeness (QED) is 0.241. The minimum atomic E-state index is -1.03. The van der Waals surface area contributed by atoms with Crippen molar-refractivity contribution < 1.29 is 4.79 Å². The van der Waals surface area contributed by atoms with Crippen LogP contribution in [0.4, 0.5) is 4.79 Å². The summed E-state index contributed by atoms with van der Waals surface area (Å²) in [5, 5.41) is 5.13. The van der Waals surface area contributed by atoms with Crippen LogP contribution < -0.4 is 5.43 Å². The summed E-state index contributed by atoms with van der Waals surface area (Å²) in [6, 6.07) is -1.03. The van der Waals surface area contributed by atoms with Gasteiger partial charge in [0.2, 0.25) is 0 Å². The molecule has 0 saturated carbocycles. The summed E-state index contributed by atoms with van der Waals surface area (Å²) in [5.74, 6) is 0. The Morgan fingerprint density at radius 3 is 2.56 bits per heavy atom. The molecule has 0 aliphatic rings. The summed E-state index contributed by atoms with van der Waals surface area (Å²) < 4.78 is 0. The van der Waals surface area contributed by atoms with E-state index >= 15 is 0 Å². The van der Waals surface area contributed by atoms with E-state index in [2.05, 4.69) is 20.2 Å². The van der Waals surface area contributed by atoms with E-state index in [-0.39, 0.29) is 0 Å². The third kappa shape index (κ3) is 3.93. The minimum absolute atomic E-state index is 1.03. The van der Waals surface area contributed by atoms with Crippen LogP contribution in [0.1, 0.15) is 0 Å². The standard InChI is InChI=1S/CHN7O/c2-6-4-1(9)5-8-7-3/h(H,5,9). The van der Waals surface area contributed by atoms with Gasteiger partial charge in [0.1, 0.15) is 0 Å². The SMILES string of the molecule is [N-]=[N+]=NNC(=O)N=[N+]=[N-]. The van der Waals surface area contributed by atoms with E-state index in [0.29, 0.717) is 0 Å². The van der Waals surface area contributed by atoms with E-state index in [0.717, 1.165) is 0 Å². The molecular weight excluding hydrogens is 126 g/mol. The maximum atomic E-state index is 10.0. The molecule has 2 amide bonds. The van der Waals surface area contributed by atoms with Crippen molar-refractivity contribution >= 4 is 6.03 Å². The summed E-state index contributed by atoms with van der Waals surface area (Å²) in [6.45, 7) is 0. The number of nitrogens with zero attached hydrogens (tertiary/aromatic N) is 6. The van der Waals surface area contributed by atoms with Gasteiger partial charge in [-0.3, -0.25) is 0 Å². The van der Waals surface area contributed by atoms with Crippen molar-refractivity contribution in [3.63, 3.8) is 0 Å². The van der Waals surface area contributed by atoms with Crippen LogP contribution in [0.25, 0.3) is 20.9 Å². The van der Waals surface area contributed by atoms with Gasteiger partial charge in [0.25, 0.3) is 0 Å². The summed E-state index contributed by atoms with van der Waals surface area (Å²) in [4.78, 5) is 14.3. The van der Waals surface area contributed by atoms with Crippen molar-refractivity contribution in [2.45, 2.75) is 0 Å². The average Bonchev–Trinajstić information content (AvgIpc) is 1.85. The summed E-state index contributed by atoms with van der Waals surface area (Å²) in [6.07, 6.45) is 0. The van der Waals surface area contributed by atoms with Crippen LogP contribution in [0.3, 0.4) is 0 Å². The first-order chi connectivity index (χ1) is 4.31. The Morgan fingerprint density at radius 1 is 1.44 bits per heavy atom. The Kier molecular flexibility index (Phi) is 3.35. The molecule has 0 radical (unpaired) electrons. The fourth-order valence-corrected chi connectivity index (χ4v) is 0.128. The number of rotatable bonds is 1. The first kappa shape index (κ1) is 7.09. The lowest BCUT2D eigenvalue weighted by atomic mass is 11.1. The molecule has 0 spiro atoms. The largest absolute Gasteiger partial charge is 0.401 e. The van der Waals surface area contributed by atoms with Crippen LogP contribution in [-0.4, -0.2) is 6.03 Å². The molecule has 0 bridgehead atoms. The monoisotopic (exact) mass is 127 g/mol. The van der Waals surface area contributed by atoms with E-state index in [1.165, 1.54) is 0 Å². The lowest BCUT2D eigenvalue weighted by Gasteiger charge is -1.77. The van der Waals surface area contributed by atoms with Crippen LogP contribution in [0, 0.1) is 0 Å². The number of hydrogen-bond donors (Lipinski definition) is 1. The maximum absolute atomic E-state index is 10.0. The predicted octanol–water partition coefficient (Wildman–Crippen LogP) is 1.23. The van der Waals surface area contributed by atoms with Crippen molar-refractivity contribution in [2.75, 3.05) is 0 Å². The lowest BCUT2D eigenvalue weighted by molar-refractivity contribution is 0.249. The van der Waals surface area contributed by atoms with Gasteiger partial charge in [0.05, 0.1) is 0 Å². The molecule has 1 N–H and O–H groups in total. The zero-order valence-electron chi connectivity index (χ0n) is 4.09. The van der Waals surface area contributed by atoms with Gasteiger partial charge in [-0.1, -0.05) is 0 Å². The fourth-order valence-electron chi connectivity index (χ4n) is 0.128. The van der Waals surface area contributed by atoms with Gasteiger partial charge in [-0.05, 0) is 10.8 Å². The minimum Gasteiger partial charge on any atom is -0.239 e. The second-order valence-electron chi connectivity index (χ2n) is 0.796. The molecule has 8 heteroatoms. The highest BCUT2D eigenvalue weighted by molar-refractivity contribution is 5.74. The molecule has 8 nitrogen and oxygen atoms in total. The van der Waals surface area contributed by atoms with Gasteiger partial charge in [-0.2, -0.15) is 10.3 Å². The molecule has 0 rings (SSSR count). The molecule has 0 aliphatic carbocycles. The average molecular weight is 127 g/mol. The smallest absolute Gasteiger partial charge is 0.239 e. The molecule has 0 unspecified atom stereocenters. The Bertz CT molecular complexity index is 193. The normalized spacial score (nSPS) is 6.22. The summed E-state index contributed by atoms with van der Waals surface area (Å²) in [7, 11) is 0. The van der Waals surface area contributed by atoms with Crippen LogP contribution in [0.2, 0.25) is 0 Å². The van der Waals surface area contributed by atoms with Crippen molar-refractivity contribution in [3.05, 3.63) is 20.9 Å². The van der Waals surface area contributed by atoms with Crippen LogP contribution in [-0.2, 0) is 0 Å². The number of nitrogens with one attached hydrogen (secondary N) is 1. The Morgan fingerprint density at radius 2 is 2.11 bits per heavy atom. The number of carbonyl (C=O) groups is 1. The Balaban J connectivity index is 3.77. The van der Waals surface area contributed by atoms with Crippen LogP contribution >= 0.6 is 0 Å². The molecule has 0 fully saturated rings. The van der Waals surface area contributed by atoms with E-state index in [1.54, 1.807) is 5.43 Å². The molecular formula is CHN7O. The third-order valence-corrected chi connectivity index (χ3v) is 0.326. The van der Waals surface area contributed by atoms with Gasteiger partial charge in [-0.25, -0.2) is 4.79 Å². The third-order valence-electron chi connectivity index (χ3n) is 0.326. The zero-order valence-corrected chi connectivity index (χ0v) is 4.09. The number of azide groups is 2. The zero-order chi connectivity index (χ0) is 7.11. The second kappa shape index (κ2) is 4.25. The number of hydrogen-bond acceptors (Lipinski definition) is 2. The molecule has 46 valence electrons. The van der Waals surface area contributed by atoms with Crippen molar-refractivity contribution in [1.82, 2.24) is 5.43 Å². The highest BCUT2D eigenvalue weighted by Crippen LogP contribution is 1.73. The topological polar surface area (TPSA) is 127 Å². The highest BCUT2D eigenvalue weighted by atomic mass is 16.2. The van der Waals surface area contributed by atoms with Crippen molar-refractivity contribution in [3.8, 4) is 0 Å². The first-order valence-electron chi connectivity index (χ1n) is 1.70. The van der Waals surface area contributed by atoms with Gasteiger partial charge in [0.15, 0.2) is 0 Å². The lowest BCUT2D eigenvalue weighted by Crippen LogP contribution is -2.09. The van der Waals surface area contributed by atoms with E-state index in [4.69, 9.17) is 11.1 Å². The molecule has 0 aromatic carbocycles. The summed E-state index contributed by atoms with van der Waals surface area (Å²) >= 11 is 0. The van der Waals surface area contributed by atoms with Gasteiger partial charge >= 0.3 is 6.03 Å². The number of carbonyl (C=O) groups excluding carboxylic acids is 1.